The number of amides is 1. The second-order valence-corrected chi connectivity index (χ2v) is 7.64. The zero-order valence-corrected chi connectivity index (χ0v) is 18.7. The molecular formula is C25H21ClN2O5. The van der Waals surface area contributed by atoms with E-state index in [2.05, 4.69) is 4.98 Å². The first-order chi connectivity index (χ1) is 16.0. The van der Waals surface area contributed by atoms with Gasteiger partial charge in [-0.1, -0.05) is 23.7 Å². The number of hydrogen-bond acceptors (Lipinski definition) is 6. The summed E-state index contributed by atoms with van der Waals surface area (Å²) < 4.78 is 10.8. The van der Waals surface area contributed by atoms with Crippen molar-refractivity contribution in [3.05, 3.63) is 88.7 Å². The molecule has 2 heterocycles. The van der Waals surface area contributed by atoms with Gasteiger partial charge in [0.05, 0.1) is 30.4 Å². The van der Waals surface area contributed by atoms with Gasteiger partial charge in [-0.05, 0) is 48.9 Å². The molecule has 0 saturated carbocycles. The highest BCUT2D eigenvalue weighted by Gasteiger charge is 2.47. The number of ether oxygens (including phenoxy) is 2. The molecule has 168 valence electrons. The Kier molecular flexibility index (Phi) is 6.33. The van der Waals surface area contributed by atoms with Crippen LogP contribution in [0.15, 0.2) is 72.6 Å². The molecule has 0 bridgehead atoms. The fourth-order valence-corrected chi connectivity index (χ4v) is 3.96. The number of methoxy groups -OCH3 is 1. The van der Waals surface area contributed by atoms with Gasteiger partial charge in [0.15, 0.2) is 0 Å². The standard InChI is InChI=1S/C25H21ClN2O5/c1-3-33-20-12-15(9-10-19(20)26)23(29)21-22(16-6-5-11-27-14-16)28(25(31)24(21)30)17-7-4-8-18(13-17)32-2/h4-14,22,29H,3H2,1-2H3/b23-21+. The van der Waals surface area contributed by atoms with Gasteiger partial charge in [-0.2, -0.15) is 0 Å². The Morgan fingerprint density at radius 2 is 1.97 bits per heavy atom. The number of halogens is 1. The van der Waals surface area contributed by atoms with Gasteiger partial charge in [-0.15, -0.1) is 0 Å². The SMILES string of the molecule is CCOc1cc(/C(O)=C2\C(=O)C(=O)N(c3cccc(OC)c3)C2c2cccnc2)ccc1Cl. The van der Waals surface area contributed by atoms with Crippen LogP contribution in [0, 0.1) is 0 Å². The monoisotopic (exact) mass is 464 g/mol. The number of carbonyl (C=O) groups is 2. The number of aliphatic hydroxyl groups excluding tert-OH is 1. The number of benzene rings is 2. The van der Waals surface area contributed by atoms with Crippen LogP contribution in [-0.2, 0) is 9.59 Å². The number of aliphatic hydroxyl groups is 1. The molecule has 1 N–H and O–H groups in total. The van der Waals surface area contributed by atoms with Crippen molar-refractivity contribution in [3.8, 4) is 11.5 Å². The summed E-state index contributed by atoms with van der Waals surface area (Å²) in [6.45, 7) is 2.19. The van der Waals surface area contributed by atoms with Crippen molar-refractivity contribution in [2.75, 3.05) is 18.6 Å². The van der Waals surface area contributed by atoms with Gasteiger partial charge >= 0.3 is 0 Å². The predicted octanol–water partition coefficient (Wildman–Crippen LogP) is 4.77. The van der Waals surface area contributed by atoms with E-state index in [1.54, 1.807) is 67.0 Å². The summed E-state index contributed by atoms with van der Waals surface area (Å²) in [5.41, 5.74) is 1.27. The summed E-state index contributed by atoms with van der Waals surface area (Å²) >= 11 is 6.18. The quantitative estimate of drug-likeness (QED) is 0.321. The van der Waals surface area contributed by atoms with E-state index in [1.165, 1.54) is 12.0 Å². The number of carbonyl (C=O) groups excluding carboxylic acids is 2. The van der Waals surface area contributed by atoms with Crippen molar-refractivity contribution in [2.24, 2.45) is 0 Å². The smallest absolute Gasteiger partial charge is 0.300 e. The van der Waals surface area contributed by atoms with Gasteiger partial charge in [0.1, 0.15) is 17.3 Å². The van der Waals surface area contributed by atoms with Crippen molar-refractivity contribution < 1.29 is 24.2 Å². The molecule has 0 aliphatic carbocycles. The second-order valence-electron chi connectivity index (χ2n) is 7.24. The molecule has 8 heteroatoms. The third-order valence-electron chi connectivity index (χ3n) is 5.28. The lowest BCUT2D eigenvalue weighted by Crippen LogP contribution is -2.29. The van der Waals surface area contributed by atoms with Crippen molar-refractivity contribution in [1.82, 2.24) is 4.98 Å². The average molecular weight is 465 g/mol. The van der Waals surface area contributed by atoms with Gasteiger partial charge in [0, 0.05) is 29.7 Å². The Morgan fingerprint density at radius 3 is 2.67 bits per heavy atom. The first-order valence-electron chi connectivity index (χ1n) is 10.2. The van der Waals surface area contributed by atoms with Crippen molar-refractivity contribution >= 4 is 34.7 Å². The van der Waals surface area contributed by atoms with E-state index in [0.29, 0.717) is 39.9 Å². The fraction of sp³-hybridized carbons (Fsp3) is 0.160. The van der Waals surface area contributed by atoms with E-state index in [9.17, 15) is 14.7 Å². The van der Waals surface area contributed by atoms with Crippen LogP contribution >= 0.6 is 11.6 Å². The van der Waals surface area contributed by atoms with Crippen molar-refractivity contribution in [2.45, 2.75) is 13.0 Å². The molecule has 33 heavy (non-hydrogen) atoms. The van der Waals surface area contributed by atoms with E-state index < -0.39 is 17.7 Å². The predicted molar refractivity (Wildman–Crippen MR) is 125 cm³/mol. The highest BCUT2D eigenvalue weighted by atomic mass is 35.5. The summed E-state index contributed by atoms with van der Waals surface area (Å²) in [5, 5.41) is 11.6. The maximum absolute atomic E-state index is 13.2. The van der Waals surface area contributed by atoms with Crippen LogP contribution in [0.3, 0.4) is 0 Å². The van der Waals surface area contributed by atoms with Crippen LogP contribution in [0.4, 0.5) is 5.69 Å². The summed E-state index contributed by atoms with van der Waals surface area (Å²) in [4.78, 5) is 31.9. The van der Waals surface area contributed by atoms with Gasteiger partial charge in [0.2, 0.25) is 0 Å². The molecule has 3 aromatic rings. The molecular weight excluding hydrogens is 444 g/mol. The van der Waals surface area contributed by atoms with Gasteiger partial charge < -0.3 is 14.6 Å². The molecule has 0 radical (unpaired) electrons. The minimum atomic E-state index is -0.892. The number of rotatable bonds is 6. The van der Waals surface area contributed by atoms with Crippen molar-refractivity contribution in [1.29, 1.82) is 0 Å². The van der Waals surface area contributed by atoms with Crippen LogP contribution in [0.25, 0.3) is 5.76 Å². The molecule has 1 aromatic heterocycles. The molecule has 4 rings (SSSR count). The molecule has 0 spiro atoms. The largest absolute Gasteiger partial charge is 0.507 e. The van der Waals surface area contributed by atoms with Crippen LogP contribution < -0.4 is 14.4 Å². The Balaban J connectivity index is 1.92. The minimum absolute atomic E-state index is 0.0550. The Morgan fingerprint density at radius 1 is 1.15 bits per heavy atom. The summed E-state index contributed by atoms with van der Waals surface area (Å²) in [6, 6.07) is 14.1. The summed E-state index contributed by atoms with van der Waals surface area (Å²) in [6.07, 6.45) is 3.15. The first-order valence-corrected chi connectivity index (χ1v) is 10.6. The van der Waals surface area contributed by atoms with Gasteiger partial charge in [-0.25, -0.2) is 0 Å². The lowest BCUT2D eigenvalue weighted by Gasteiger charge is -2.25. The average Bonchev–Trinajstić information content (AvgIpc) is 3.11. The highest BCUT2D eigenvalue weighted by molar-refractivity contribution is 6.51. The van der Waals surface area contributed by atoms with E-state index in [1.807, 2.05) is 6.92 Å². The van der Waals surface area contributed by atoms with Crippen LogP contribution in [0.1, 0.15) is 24.1 Å². The van der Waals surface area contributed by atoms with Crippen molar-refractivity contribution in [3.63, 3.8) is 0 Å². The fourth-order valence-electron chi connectivity index (χ4n) is 3.78. The van der Waals surface area contributed by atoms with E-state index in [0.717, 1.165) is 0 Å². The van der Waals surface area contributed by atoms with E-state index in [-0.39, 0.29) is 11.3 Å². The Labute approximate surface area is 195 Å². The van der Waals surface area contributed by atoms with E-state index >= 15 is 0 Å². The molecule has 1 aliphatic heterocycles. The van der Waals surface area contributed by atoms with E-state index in [4.69, 9.17) is 21.1 Å². The molecule has 1 fully saturated rings. The lowest BCUT2D eigenvalue weighted by molar-refractivity contribution is -0.132. The maximum Gasteiger partial charge on any atom is 0.300 e. The summed E-state index contributed by atoms with van der Waals surface area (Å²) in [5.74, 6) is -1.01. The minimum Gasteiger partial charge on any atom is -0.507 e. The van der Waals surface area contributed by atoms with Gasteiger partial charge in [0.25, 0.3) is 11.7 Å². The number of aromatic nitrogens is 1. The maximum atomic E-state index is 13.2. The molecule has 1 unspecified atom stereocenters. The first kappa shape index (κ1) is 22.4. The highest BCUT2D eigenvalue weighted by Crippen LogP contribution is 2.43. The number of hydrogen-bond donors (Lipinski definition) is 1. The number of anilines is 1. The Bertz CT molecular complexity index is 1240. The van der Waals surface area contributed by atoms with Crippen LogP contribution in [0.2, 0.25) is 5.02 Å². The topological polar surface area (TPSA) is 89.0 Å². The molecule has 1 atom stereocenters. The Hall–Kier alpha value is -3.84. The third-order valence-corrected chi connectivity index (χ3v) is 5.59. The van der Waals surface area contributed by atoms with Crippen LogP contribution in [-0.4, -0.2) is 35.5 Å². The molecule has 1 amide bonds. The lowest BCUT2D eigenvalue weighted by atomic mass is 9.96. The number of Topliss-reactive ketones (excluding diaryl/α,β-unsaturated/α-hetero) is 1. The zero-order chi connectivity index (χ0) is 23.5. The molecule has 7 nitrogen and oxygen atoms in total. The molecule has 1 aliphatic rings. The summed E-state index contributed by atoms with van der Waals surface area (Å²) in [7, 11) is 1.52. The number of ketones is 1. The zero-order valence-electron chi connectivity index (χ0n) is 18.0. The second kappa shape index (κ2) is 9.34. The molecule has 1 saturated heterocycles. The molecule has 2 aromatic carbocycles. The van der Waals surface area contributed by atoms with Crippen LogP contribution in [0.5, 0.6) is 11.5 Å². The number of pyridine rings is 1. The number of nitrogens with zero attached hydrogens (tertiary/aromatic N) is 2. The third kappa shape index (κ3) is 4.15. The van der Waals surface area contributed by atoms with Gasteiger partial charge in [-0.3, -0.25) is 19.5 Å². The normalized spacial score (nSPS) is 17.3.